The minimum absolute atomic E-state index is 0.882. The van der Waals surface area contributed by atoms with Crippen LogP contribution in [0.1, 0.15) is 36.6 Å². The molecule has 0 aliphatic rings. The minimum atomic E-state index is 0.882. The smallest absolute Gasteiger partial charge is 0.191 e. The van der Waals surface area contributed by atoms with Crippen molar-refractivity contribution in [2.45, 2.75) is 39.5 Å². The molecule has 2 N–H and O–H groups in total. The van der Waals surface area contributed by atoms with Gasteiger partial charge in [-0.15, -0.1) is 11.3 Å². The van der Waals surface area contributed by atoms with E-state index in [1.807, 2.05) is 29.3 Å². The number of hydrogen-bond donors (Lipinski definition) is 2. The van der Waals surface area contributed by atoms with Gasteiger partial charge in [0, 0.05) is 37.1 Å². The van der Waals surface area contributed by atoms with E-state index < -0.39 is 0 Å². The van der Waals surface area contributed by atoms with Crippen molar-refractivity contribution >= 4 is 29.1 Å². The maximum Gasteiger partial charge on any atom is 0.191 e. The van der Waals surface area contributed by atoms with Crippen LogP contribution in [0.25, 0.3) is 0 Å². The number of rotatable bonds is 10. The summed E-state index contributed by atoms with van der Waals surface area (Å²) in [6.07, 6.45) is 8.57. The number of aromatic nitrogens is 1. The molecule has 21 heavy (non-hydrogen) atoms. The van der Waals surface area contributed by atoms with Crippen molar-refractivity contribution in [1.29, 1.82) is 0 Å². The number of guanidine groups is 1. The third-order valence-corrected chi connectivity index (χ3v) is 4.85. The van der Waals surface area contributed by atoms with Crippen LogP contribution in [0, 0.1) is 0 Å². The van der Waals surface area contributed by atoms with Crippen molar-refractivity contribution in [2.75, 3.05) is 31.6 Å². The van der Waals surface area contributed by atoms with Gasteiger partial charge in [0.05, 0.1) is 5.01 Å². The van der Waals surface area contributed by atoms with Crippen LogP contribution in [0.2, 0.25) is 0 Å². The summed E-state index contributed by atoms with van der Waals surface area (Å²) in [6, 6.07) is 0. The molecule has 1 aromatic rings. The van der Waals surface area contributed by atoms with Gasteiger partial charge in [-0.3, -0.25) is 4.99 Å². The number of hydrogen-bond acceptors (Lipinski definition) is 4. The Balaban J connectivity index is 2.27. The first-order valence-corrected chi connectivity index (χ1v) is 9.95. The molecule has 0 radical (unpaired) electrons. The monoisotopic (exact) mass is 328 g/mol. The van der Waals surface area contributed by atoms with E-state index in [0.717, 1.165) is 44.9 Å². The van der Waals surface area contributed by atoms with E-state index in [2.05, 4.69) is 40.7 Å². The third kappa shape index (κ3) is 8.31. The van der Waals surface area contributed by atoms with E-state index in [-0.39, 0.29) is 0 Å². The Labute approximate surface area is 137 Å². The standard InChI is InChI=1S/C15H28N4S2/c1-4-13-12-19-14(21-13)8-10-18-15(16-5-2)17-9-6-7-11-20-3/h12H,4-11H2,1-3H3,(H2,16,17,18). The van der Waals surface area contributed by atoms with Crippen molar-refractivity contribution < 1.29 is 0 Å². The average Bonchev–Trinajstić information content (AvgIpc) is 2.95. The minimum Gasteiger partial charge on any atom is -0.357 e. The van der Waals surface area contributed by atoms with Crippen LogP contribution in [0.5, 0.6) is 0 Å². The van der Waals surface area contributed by atoms with Crippen LogP contribution in [-0.4, -0.2) is 42.6 Å². The molecule has 0 aliphatic heterocycles. The average molecular weight is 329 g/mol. The second-order valence-electron chi connectivity index (χ2n) is 4.71. The molecule has 0 atom stereocenters. The molecule has 120 valence electrons. The lowest BCUT2D eigenvalue weighted by molar-refractivity contribution is 0.769. The summed E-state index contributed by atoms with van der Waals surface area (Å²) >= 11 is 3.71. The summed E-state index contributed by atoms with van der Waals surface area (Å²) in [6.45, 7) is 6.94. The topological polar surface area (TPSA) is 49.3 Å². The third-order valence-electron chi connectivity index (χ3n) is 2.95. The second-order valence-corrected chi connectivity index (χ2v) is 6.90. The molecule has 0 aliphatic carbocycles. The second kappa shape index (κ2) is 11.9. The van der Waals surface area contributed by atoms with Crippen LogP contribution in [0.4, 0.5) is 0 Å². The summed E-state index contributed by atoms with van der Waals surface area (Å²) in [5, 5.41) is 7.88. The van der Waals surface area contributed by atoms with Crippen molar-refractivity contribution in [3.8, 4) is 0 Å². The zero-order valence-electron chi connectivity index (χ0n) is 13.4. The highest BCUT2D eigenvalue weighted by Crippen LogP contribution is 2.13. The Hall–Kier alpha value is -0.750. The normalized spacial score (nSPS) is 11.7. The highest BCUT2D eigenvalue weighted by molar-refractivity contribution is 7.98. The molecule has 1 rings (SSSR count). The lowest BCUT2D eigenvalue weighted by atomic mass is 10.3. The predicted molar refractivity (Wildman–Crippen MR) is 96.8 cm³/mol. The highest BCUT2D eigenvalue weighted by atomic mass is 32.2. The Morgan fingerprint density at radius 1 is 1.33 bits per heavy atom. The summed E-state index contributed by atoms with van der Waals surface area (Å²) in [7, 11) is 0. The van der Waals surface area contributed by atoms with Crippen molar-refractivity contribution in [3.05, 3.63) is 16.1 Å². The van der Waals surface area contributed by atoms with Crippen molar-refractivity contribution in [1.82, 2.24) is 15.6 Å². The van der Waals surface area contributed by atoms with Gasteiger partial charge in [-0.05, 0) is 38.2 Å². The van der Waals surface area contributed by atoms with Crippen LogP contribution < -0.4 is 10.6 Å². The van der Waals surface area contributed by atoms with E-state index in [0.29, 0.717) is 0 Å². The SMILES string of the molecule is CCNC(=NCCCCSC)NCCc1ncc(CC)s1. The quantitative estimate of drug-likeness (QED) is 0.394. The molecule has 1 heterocycles. The fourth-order valence-corrected chi connectivity index (χ4v) is 3.16. The molecule has 0 fully saturated rings. The predicted octanol–water partition coefficient (Wildman–Crippen LogP) is 2.95. The zero-order valence-corrected chi connectivity index (χ0v) is 15.1. The Morgan fingerprint density at radius 2 is 2.19 bits per heavy atom. The van der Waals surface area contributed by atoms with E-state index in [1.165, 1.54) is 22.1 Å². The number of thioether (sulfide) groups is 1. The number of aryl methyl sites for hydroxylation is 1. The van der Waals surface area contributed by atoms with E-state index in [4.69, 9.17) is 0 Å². The summed E-state index contributed by atoms with van der Waals surface area (Å²) in [4.78, 5) is 10.4. The fourth-order valence-electron chi connectivity index (χ4n) is 1.81. The maximum absolute atomic E-state index is 4.61. The summed E-state index contributed by atoms with van der Waals surface area (Å²) in [5.74, 6) is 2.15. The van der Waals surface area contributed by atoms with Gasteiger partial charge in [0.2, 0.25) is 0 Å². The maximum atomic E-state index is 4.61. The van der Waals surface area contributed by atoms with E-state index >= 15 is 0 Å². The van der Waals surface area contributed by atoms with Crippen molar-refractivity contribution in [3.63, 3.8) is 0 Å². The first kappa shape index (κ1) is 18.3. The molecular weight excluding hydrogens is 300 g/mol. The molecule has 1 aromatic heterocycles. The van der Waals surface area contributed by atoms with Crippen LogP contribution in [0.15, 0.2) is 11.2 Å². The molecule has 0 bridgehead atoms. The fraction of sp³-hybridized carbons (Fsp3) is 0.733. The van der Waals surface area contributed by atoms with Crippen molar-refractivity contribution in [2.24, 2.45) is 4.99 Å². The number of aliphatic imine (C=N–C) groups is 1. The van der Waals surface area contributed by atoms with Gasteiger partial charge in [0.15, 0.2) is 5.96 Å². The molecular formula is C15H28N4S2. The lowest BCUT2D eigenvalue weighted by Crippen LogP contribution is -2.38. The number of unbranched alkanes of at least 4 members (excludes halogenated alkanes) is 1. The van der Waals surface area contributed by atoms with Crippen LogP contribution >= 0.6 is 23.1 Å². The van der Waals surface area contributed by atoms with Gasteiger partial charge in [-0.25, -0.2) is 4.98 Å². The first-order chi connectivity index (χ1) is 10.3. The highest BCUT2D eigenvalue weighted by Gasteiger charge is 2.01. The van der Waals surface area contributed by atoms with Gasteiger partial charge >= 0.3 is 0 Å². The van der Waals surface area contributed by atoms with Gasteiger partial charge in [0.25, 0.3) is 0 Å². The summed E-state index contributed by atoms with van der Waals surface area (Å²) < 4.78 is 0. The molecule has 6 heteroatoms. The van der Waals surface area contributed by atoms with Crippen LogP contribution in [-0.2, 0) is 12.8 Å². The molecule has 0 saturated carbocycles. The number of nitrogens with one attached hydrogen (secondary N) is 2. The Kier molecular flexibility index (Phi) is 10.3. The van der Waals surface area contributed by atoms with E-state index in [9.17, 15) is 0 Å². The molecule has 0 saturated heterocycles. The van der Waals surface area contributed by atoms with Crippen LogP contribution in [0.3, 0.4) is 0 Å². The zero-order chi connectivity index (χ0) is 15.3. The van der Waals surface area contributed by atoms with Gasteiger partial charge in [-0.1, -0.05) is 6.92 Å². The van der Waals surface area contributed by atoms with E-state index in [1.54, 1.807) is 0 Å². The first-order valence-electron chi connectivity index (χ1n) is 7.74. The van der Waals surface area contributed by atoms with Gasteiger partial charge in [0.1, 0.15) is 0 Å². The number of thiazole rings is 1. The lowest BCUT2D eigenvalue weighted by Gasteiger charge is -2.10. The summed E-state index contributed by atoms with van der Waals surface area (Å²) in [5.41, 5.74) is 0. The molecule has 0 aromatic carbocycles. The molecule has 4 nitrogen and oxygen atoms in total. The number of nitrogens with zero attached hydrogens (tertiary/aromatic N) is 2. The molecule has 0 unspecified atom stereocenters. The Bertz CT molecular complexity index is 404. The molecule has 0 spiro atoms. The Morgan fingerprint density at radius 3 is 2.86 bits per heavy atom. The largest absolute Gasteiger partial charge is 0.357 e. The van der Waals surface area contributed by atoms with Gasteiger partial charge < -0.3 is 10.6 Å². The molecule has 0 amide bonds. The van der Waals surface area contributed by atoms with Gasteiger partial charge in [-0.2, -0.15) is 11.8 Å².